The lowest BCUT2D eigenvalue weighted by molar-refractivity contribution is 0.104. The average molecular weight is 366 g/mol. The highest BCUT2D eigenvalue weighted by Gasteiger charge is 2.10. The number of rotatable bonds is 6. The first-order valence-electron chi connectivity index (χ1n) is 8.33. The van der Waals surface area contributed by atoms with Gasteiger partial charge in [0.25, 0.3) is 0 Å². The lowest BCUT2D eigenvalue weighted by atomic mass is 10.1. The van der Waals surface area contributed by atoms with Gasteiger partial charge in [-0.3, -0.25) is 9.89 Å². The van der Waals surface area contributed by atoms with Gasteiger partial charge in [0.05, 0.1) is 30.7 Å². The second-order valence-corrected chi connectivity index (χ2v) is 6.12. The van der Waals surface area contributed by atoms with Crippen LogP contribution in [0.25, 0.3) is 17.3 Å². The summed E-state index contributed by atoms with van der Waals surface area (Å²) in [6, 6.07) is 11.6. The van der Waals surface area contributed by atoms with E-state index < -0.39 is 11.6 Å². The van der Waals surface area contributed by atoms with Gasteiger partial charge in [0.2, 0.25) is 0 Å². The van der Waals surface area contributed by atoms with E-state index in [1.165, 1.54) is 18.2 Å². The van der Waals surface area contributed by atoms with Gasteiger partial charge in [0.15, 0.2) is 5.78 Å². The van der Waals surface area contributed by atoms with Gasteiger partial charge in [-0.1, -0.05) is 6.07 Å². The highest BCUT2D eigenvalue weighted by atomic mass is 19.1. The van der Waals surface area contributed by atoms with Crippen LogP contribution >= 0.6 is 0 Å². The summed E-state index contributed by atoms with van der Waals surface area (Å²) in [5.41, 5.74) is 3.49. The summed E-state index contributed by atoms with van der Waals surface area (Å²) in [6.07, 6.45) is 2.85. The third kappa shape index (κ3) is 4.30. The maximum absolute atomic E-state index is 13.9. The number of ketones is 1. The molecule has 0 radical (unpaired) electrons. The van der Waals surface area contributed by atoms with Gasteiger partial charge in [-0.05, 0) is 66.6 Å². The number of methoxy groups -OCH3 is 1. The lowest BCUT2D eigenvalue weighted by Crippen LogP contribution is -1.98. The zero-order valence-electron chi connectivity index (χ0n) is 15.0. The number of carbonyl (C=O) groups excluding carboxylic acids is 1. The van der Waals surface area contributed by atoms with Crippen LogP contribution in [-0.4, -0.2) is 28.2 Å². The molecule has 5 nitrogen and oxygen atoms in total. The molecule has 3 aromatic rings. The normalized spacial score (nSPS) is 11.1. The maximum Gasteiger partial charge on any atom is 0.188 e. The van der Waals surface area contributed by atoms with Crippen molar-refractivity contribution in [2.24, 2.45) is 0 Å². The summed E-state index contributed by atoms with van der Waals surface area (Å²) in [6.45, 7) is 1.65. The fourth-order valence-corrected chi connectivity index (χ4v) is 2.66. The summed E-state index contributed by atoms with van der Waals surface area (Å²) in [4.78, 5) is 12.2. The number of H-pyrrole nitrogens is 1. The molecule has 0 spiro atoms. The SMILES string of the molecule is COc1cc(CO)cc(-c2cc(/C=C/C(=O)c3ccc(C)cc3F)[nH]n2)c1. The van der Waals surface area contributed by atoms with Crippen LogP contribution in [0.2, 0.25) is 0 Å². The minimum Gasteiger partial charge on any atom is -0.497 e. The van der Waals surface area contributed by atoms with Crippen molar-refractivity contribution in [1.29, 1.82) is 0 Å². The number of carbonyl (C=O) groups is 1. The van der Waals surface area contributed by atoms with Gasteiger partial charge in [-0.2, -0.15) is 5.10 Å². The number of allylic oxidation sites excluding steroid dienone is 1. The smallest absolute Gasteiger partial charge is 0.188 e. The van der Waals surface area contributed by atoms with Crippen LogP contribution in [0, 0.1) is 12.7 Å². The van der Waals surface area contributed by atoms with Crippen LogP contribution < -0.4 is 4.74 Å². The minimum atomic E-state index is -0.539. The van der Waals surface area contributed by atoms with E-state index >= 15 is 0 Å². The van der Waals surface area contributed by atoms with E-state index in [2.05, 4.69) is 10.2 Å². The first-order valence-corrected chi connectivity index (χ1v) is 8.33. The molecule has 1 heterocycles. The first kappa shape index (κ1) is 18.5. The summed E-state index contributed by atoms with van der Waals surface area (Å²) >= 11 is 0. The largest absolute Gasteiger partial charge is 0.497 e. The molecule has 3 rings (SSSR count). The van der Waals surface area contributed by atoms with Crippen LogP contribution in [0.15, 0.2) is 48.5 Å². The van der Waals surface area contributed by atoms with Gasteiger partial charge in [-0.15, -0.1) is 0 Å². The molecule has 0 bridgehead atoms. The summed E-state index contributed by atoms with van der Waals surface area (Å²) in [5.74, 6) is -0.350. The van der Waals surface area contributed by atoms with Gasteiger partial charge >= 0.3 is 0 Å². The number of hydrogen-bond donors (Lipinski definition) is 2. The predicted octanol–water partition coefficient (Wildman–Crippen LogP) is 3.92. The number of aryl methyl sites for hydroxylation is 1. The van der Waals surface area contributed by atoms with E-state index in [1.54, 1.807) is 50.4 Å². The second-order valence-electron chi connectivity index (χ2n) is 6.12. The number of nitrogens with one attached hydrogen (secondary N) is 1. The number of halogens is 1. The Morgan fingerprint density at radius 2 is 2.07 bits per heavy atom. The molecular weight excluding hydrogens is 347 g/mol. The standard InChI is InChI=1S/C21H19FN2O3/c1-13-3-5-18(19(22)7-13)21(26)6-4-16-11-20(24-23-16)15-8-14(12-25)9-17(10-15)27-2/h3-11,25H,12H2,1-2H3,(H,23,24)/b6-4+. The fraction of sp³-hybridized carbons (Fsp3) is 0.143. The van der Waals surface area contributed by atoms with Crippen molar-refractivity contribution in [1.82, 2.24) is 10.2 Å². The van der Waals surface area contributed by atoms with Crippen molar-refractivity contribution in [3.05, 3.63) is 76.7 Å². The molecule has 0 unspecified atom stereocenters. The topological polar surface area (TPSA) is 75.2 Å². The molecule has 6 heteroatoms. The zero-order valence-corrected chi connectivity index (χ0v) is 15.0. The van der Waals surface area contributed by atoms with Crippen molar-refractivity contribution in [3.63, 3.8) is 0 Å². The Morgan fingerprint density at radius 1 is 1.26 bits per heavy atom. The van der Waals surface area contributed by atoms with Crippen LogP contribution in [0.4, 0.5) is 4.39 Å². The molecule has 0 fully saturated rings. The molecule has 27 heavy (non-hydrogen) atoms. The van der Waals surface area contributed by atoms with Crippen molar-refractivity contribution >= 4 is 11.9 Å². The molecule has 0 aliphatic carbocycles. The lowest BCUT2D eigenvalue weighted by Gasteiger charge is -2.05. The Bertz CT molecular complexity index is 986. The quantitative estimate of drug-likeness (QED) is 0.512. The van der Waals surface area contributed by atoms with E-state index in [-0.39, 0.29) is 12.2 Å². The van der Waals surface area contributed by atoms with Crippen LogP contribution in [0.1, 0.15) is 27.2 Å². The maximum atomic E-state index is 13.9. The highest BCUT2D eigenvalue weighted by molar-refractivity contribution is 6.06. The number of benzene rings is 2. The number of aliphatic hydroxyl groups is 1. The van der Waals surface area contributed by atoms with Crippen molar-refractivity contribution in [2.75, 3.05) is 7.11 Å². The van der Waals surface area contributed by atoms with E-state index in [1.807, 2.05) is 0 Å². The van der Waals surface area contributed by atoms with Crippen molar-refractivity contribution in [3.8, 4) is 17.0 Å². The third-order valence-corrected chi connectivity index (χ3v) is 4.08. The number of nitrogens with zero attached hydrogens (tertiary/aromatic N) is 1. The van der Waals surface area contributed by atoms with E-state index in [9.17, 15) is 14.3 Å². The Balaban J connectivity index is 1.82. The van der Waals surface area contributed by atoms with Gasteiger partial charge in [-0.25, -0.2) is 4.39 Å². The Kier molecular flexibility index (Phi) is 5.47. The van der Waals surface area contributed by atoms with Gasteiger partial charge < -0.3 is 9.84 Å². The van der Waals surface area contributed by atoms with Crippen LogP contribution in [0.3, 0.4) is 0 Å². The third-order valence-electron chi connectivity index (χ3n) is 4.08. The van der Waals surface area contributed by atoms with Crippen molar-refractivity contribution < 1.29 is 19.0 Å². The molecule has 2 aromatic carbocycles. The minimum absolute atomic E-state index is 0.0250. The molecular formula is C21H19FN2O3. The Labute approximate surface area is 156 Å². The van der Waals surface area contributed by atoms with Crippen molar-refractivity contribution in [2.45, 2.75) is 13.5 Å². The Morgan fingerprint density at radius 3 is 2.78 bits per heavy atom. The Hall–Kier alpha value is -3.25. The molecule has 0 amide bonds. The number of aliphatic hydroxyl groups excluding tert-OH is 1. The fourth-order valence-electron chi connectivity index (χ4n) is 2.66. The number of hydrogen-bond acceptors (Lipinski definition) is 4. The monoisotopic (exact) mass is 366 g/mol. The van der Waals surface area contributed by atoms with Gasteiger partial charge in [0, 0.05) is 5.56 Å². The van der Waals surface area contributed by atoms with Crippen LogP contribution in [-0.2, 0) is 6.61 Å². The molecule has 1 aromatic heterocycles. The number of aromatic amines is 1. The molecule has 2 N–H and O–H groups in total. The second kappa shape index (κ2) is 7.97. The molecule has 0 saturated carbocycles. The van der Waals surface area contributed by atoms with E-state index in [0.717, 1.165) is 11.1 Å². The van der Waals surface area contributed by atoms with Gasteiger partial charge in [0.1, 0.15) is 11.6 Å². The zero-order chi connectivity index (χ0) is 19.4. The predicted molar refractivity (Wildman–Crippen MR) is 101 cm³/mol. The average Bonchev–Trinajstić information content (AvgIpc) is 3.14. The highest BCUT2D eigenvalue weighted by Crippen LogP contribution is 2.25. The summed E-state index contributed by atoms with van der Waals surface area (Å²) in [7, 11) is 1.55. The molecule has 0 saturated heterocycles. The van der Waals surface area contributed by atoms with Crippen LogP contribution in [0.5, 0.6) is 5.75 Å². The summed E-state index contributed by atoms with van der Waals surface area (Å²) < 4.78 is 19.1. The van der Waals surface area contributed by atoms with E-state index in [0.29, 0.717) is 22.7 Å². The molecule has 0 atom stereocenters. The van der Waals surface area contributed by atoms with E-state index in [4.69, 9.17) is 4.74 Å². The summed E-state index contributed by atoms with van der Waals surface area (Å²) in [5, 5.41) is 16.4. The number of ether oxygens (including phenoxy) is 1. The molecule has 138 valence electrons. The molecule has 0 aliphatic heterocycles. The molecule has 0 aliphatic rings. The first-order chi connectivity index (χ1) is 13.0. The number of aromatic nitrogens is 2.